The van der Waals surface area contributed by atoms with E-state index in [1.807, 2.05) is 0 Å². The molecule has 0 saturated heterocycles. The average molecular weight is 357 g/mol. The number of aromatic nitrogens is 1. The third kappa shape index (κ3) is 3.34. The normalized spacial score (nSPS) is 10.9. The standard InChI is InChI=1S/C12H9BrN2O4S/c1-6-10(12(17)18)11(20-15-6)14-9(16)5-3-7-2-4-8(13)19-7/h2-5H,1H3,(H,14,16)(H,17,18)/b5-3+. The number of nitrogens with one attached hydrogen (secondary N) is 1. The molecule has 2 N–H and O–H groups in total. The summed E-state index contributed by atoms with van der Waals surface area (Å²) in [6, 6.07) is 3.39. The number of anilines is 1. The Hall–Kier alpha value is -1.93. The number of carboxylic acids is 1. The summed E-state index contributed by atoms with van der Waals surface area (Å²) in [4.78, 5) is 22.8. The van der Waals surface area contributed by atoms with Crippen LogP contribution >= 0.6 is 27.5 Å². The monoisotopic (exact) mass is 356 g/mol. The zero-order chi connectivity index (χ0) is 14.7. The van der Waals surface area contributed by atoms with Crippen LogP contribution in [0.1, 0.15) is 21.8 Å². The lowest BCUT2D eigenvalue weighted by Crippen LogP contribution is -2.10. The molecule has 1 amide bonds. The van der Waals surface area contributed by atoms with E-state index in [2.05, 4.69) is 25.6 Å². The smallest absolute Gasteiger partial charge is 0.340 e. The summed E-state index contributed by atoms with van der Waals surface area (Å²) in [7, 11) is 0. The highest BCUT2D eigenvalue weighted by molar-refractivity contribution is 9.10. The van der Waals surface area contributed by atoms with Crippen molar-refractivity contribution in [1.82, 2.24) is 4.37 Å². The molecule has 20 heavy (non-hydrogen) atoms. The molecule has 0 aliphatic heterocycles. The molecule has 0 aliphatic rings. The van der Waals surface area contributed by atoms with Gasteiger partial charge in [-0.05, 0) is 52.6 Å². The van der Waals surface area contributed by atoms with Crippen molar-refractivity contribution in [2.45, 2.75) is 6.92 Å². The summed E-state index contributed by atoms with van der Waals surface area (Å²) in [5.74, 6) is -1.07. The van der Waals surface area contributed by atoms with Gasteiger partial charge in [0.1, 0.15) is 16.3 Å². The molecule has 2 aromatic rings. The van der Waals surface area contributed by atoms with Gasteiger partial charge in [0.15, 0.2) is 4.67 Å². The first-order chi connectivity index (χ1) is 9.47. The van der Waals surface area contributed by atoms with Gasteiger partial charge in [0.05, 0.1) is 5.69 Å². The fraction of sp³-hybridized carbons (Fsp3) is 0.0833. The third-order valence-corrected chi connectivity index (χ3v) is 3.59. The summed E-state index contributed by atoms with van der Waals surface area (Å²) in [5.41, 5.74) is 0.384. The second-order valence-electron chi connectivity index (χ2n) is 3.74. The van der Waals surface area contributed by atoms with Crippen LogP contribution in [-0.4, -0.2) is 21.4 Å². The number of hydrogen-bond donors (Lipinski definition) is 2. The van der Waals surface area contributed by atoms with E-state index in [0.29, 0.717) is 16.1 Å². The molecule has 6 nitrogen and oxygen atoms in total. The van der Waals surface area contributed by atoms with Crippen LogP contribution in [0.15, 0.2) is 27.3 Å². The van der Waals surface area contributed by atoms with Gasteiger partial charge in [-0.2, -0.15) is 4.37 Å². The molecule has 2 heterocycles. The Kier molecular flexibility index (Phi) is 4.35. The van der Waals surface area contributed by atoms with E-state index in [9.17, 15) is 9.59 Å². The van der Waals surface area contributed by atoms with E-state index in [0.717, 1.165) is 11.5 Å². The van der Waals surface area contributed by atoms with Gasteiger partial charge in [0.25, 0.3) is 0 Å². The molecule has 104 valence electrons. The number of amides is 1. The Morgan fingerprint density at radius 1 is 1.50 bits per heavy atom. The highest BCUT2D eigenvalue weighted by Gasteiger charge is 2.18. The molecule has 0 radical (unpaired) electrons. The minimum atomic E-state index is -1.12. The number of aryl methyl sites for hydroxylation is 1. The van der Waals surface area contributed by atoms with Crippen molar-refractivity contribution in [3.63, 3.8) is 0 Å². The van der Waals surface area contributed by atoms with E-state index in [1.54, 1.807) is 19.1 Å². The Bertz CT molecular complexity index is 689. The highest BCUT2D eigenvalue weighted by atomic mass is 79.9. The molecule has 2 rings (SSSR count). The predicted molar refractivity (Wildman–Crippen MR) is 77.9 cm³/mol. The second kappa shape index (κ2) is 6.02. The lowest BCUT2D eigenvalue weighted by molar-refractivity contribution is -0.111. The predicted octanol–water partition coefficient (Wildman–Crippen LogP) is 3.16. The van der Waals surface area contributed by atoms with Gasteiger partial charge in [0, 0.05) is 6.08 Å². The van der Waals surface area contributed by atoms with Crippen LogP contribution in [0.25, 0.3) is 6.08 Å². The van der Waals surface area contributed by atoms with Crippen LogP contribution in [0.3, 0.4) is 0 Å². The Morgan fingerprint density at radius 3 is 2.85 bits per heavy atom. The molecule has 0 atom stereocenters. The number of furan rings is 1. The molecule has 0 unspecified atom stereocenters. The number of halogens is 1. The van der Waals surface area contributed by atoms with Crippen LogP contribution < -0.4 is 5.32 Å². The maximum absolute atomic E-state index is 11.7. The number of carbonyl (C=O) groups is 2. The summed E-state index contributed by atoms with van der Waals surface area (Å²) < 4.78 is 9.67. The van der Waals surface area contributed by atoms with E-state index in [1.165, 1.54) is 12.2 Å². The highest BCUT2D eigenvalue weighted by Crippen LogP contribution is 2.24. The lowest BCUT2D eigenvalue weighted by atomic mass is 10.2. The van der Waals surface area contributed by atoms with Gasteiger partial charge in [-0.3, -0.25) is 4.79 Å². The molecule has 0 saturated carbocycles. The number of hydrogen-bond acceptors (Lipinski definition) is 5. The lowest BCUT2D eigenvalue weighted by Gasteiger charge is -1.99. The van der Waals surface area contributed by atoms with Crippen LogP contribution in [0.4, 0.5) is 5.00 Å². The number of nitrogens with zero attached hydrogens (tertiary/aromatic N) is 1. The second-order valence-corrected chi connectivity index (χ2v) is 5.30. The number of carboxylic acid groups (broad SMARTS) is 1. The van der Waals surface area contributed by atoms with Crippen molar-refractivity contribution < 1.29 is 19.1 Å². The largest absolute Gasteiger partial charge is 0.478 e. The minimum absolute atomic E-state index is 0.0116. The van der Waals surface area contributed by atoms with E-state index in [-0.39, 0.29) is 10.6 Å². The van der Waals surface area contributed by atoms with Gasteiger partial charge in [-0.15, -0.1) is 0 Å². The van der Waals surface area contributed by atoms with E-state index >= 15 is 0 Å². The summed E-state index contributed by atoms with van der Waals surface area (Å²) in [5, 5.41) is 11.7. The van der Waals surface area contributed by atoms with Crippen molar-refractivity contribution in [3.8, 4) is 0 Å². The molecule has 0 bridgehead atoms. The first kappa shape index (κ1) is 14.5. The minimum Gasteiger partial charge on any atom is -0.478 e. The summed E-state index contributed by atoms with van der Waals surface area (Å²) >= 11 is 4.08. The fourth-order valence-corrected chi connectivity index (χ4v) is 2.55. The van der Waals surface area contributed by atoms with Crippen molar-refractivity contribution >= 4 is 50.4 Å². The first-order valence-corrected chi connectivity index (χ1v) is 6.98. The number of aromatic carboxylic acids is 1. The zero-order valence-corrected chi connectivity index (χ0v) is 12.6. The summed E-state index contributed by atoms with van der Waals surface area (Å²) in [6.45, 7) is 1.58. The van der Waals surface area contributed by atoms with Gasteiger partial charge in [-0.25, -0.2) is 4.79 Å². The fourth-order valence-electron chi connectivity index (χ4n) is 1.44. The molecule has 0 aromatic carbocycles. The van der Waals surface area contributed by atoms with Gasteiger partial charge < -0.3 is 14.8 Å². The molecular formula is C12H9BrN2O4S. The van der Waals surface area contributed by atoms with Crippen molar-refractivity contribution in [2.75, 3.05) is 5.32 Å². The van der Waals surface area contributed by atoms with E-state index in [4.69, 9.17) is 9.52 Å². The zero-order valence-electron chi connectivity index (χ0n) is 10.2. The molecule has 8 heteroatoms. The Morgan fingerprint density at radius 2 is 2.25 bits per heavy atom. The van der Waals surface area contributed by atoms with Gasteiger partial charge in [0.2, 0.25) is 5.91 Å². The topological polar surface area (TPSA) is 92.4 Å². The van der Waals surface area contributed by atoms with Crippen LogP contribution in [0.2, 0.25) is 0 Å². The maximum Gasteiger partial charge on any atom is 0.340 e. The number of carbonyl (C=O) groups excluding carboxylic acids is 1. The van der Waals surface area contributed by atoms with Crippen molar-refractivity contribution in [3.05, 3.63) is 39.9 Å². The maximum atomic E-state index is 11.7. The Balaban J connectivity index is 2.09. The molecule has 0 fully saturated rings. The van der Waals surface area contributed by atoms with Crippen molar-refractivity contribution in [1.29, 1.82) is 0 Å². The first-order valence-electron chi connectivity index (χ1n) is 5.41. The number of rotatable bonds is 4. The van der Waals surface area contributed by atoms with Crippen molar-refractivity contribution in [2.24, 2.45) is 0 Å². The molecule has 0 aliphatic carbocycles. The molecule has 2 aromatic heterocycles. The van der Waals surface area contributed by atoms with Crippen LogP contribution in [0.5, 0.6) is 0 Å². The quantitative estimate of drug-likeness (QED) is 0.820. The summed E-state index contributed by atoms with van der Waals surface area (Å²) in [6.07, 6.45) is 2.74. The Labute approximate surface area is 126 Å². The van der Waals surface area contributed by atoms with E-state index < -0.39 is 11.9 Å². The SMILES string of the molecule is Cc1nsc(NC(=O)/C=C/c2ccc(Br)o2)c1C(=O)O. The molecular weight excluding hydrogens is 348 g/mol. The van der Waals surface area contributed by atoms with Crippen LogP contribution in [0, 0.1) is 6.92 Å². The third-order valence-electron chi connectivity index (χ3n) is 2.31. The molecule has 0 spiro atoms. The average Bonchev–Trinajstić information content (AvgIpc) is 2.93. The van der Waals surface area contributed by atoms with Crippen LogP contribution in [-0.2, 0) is 4.79 Å². The van der Waals surface area contributed by atoms with Gasteiger partial charge in [-0.1, -0.05) is 0 Å². The van der Waals surface area contributed by atoms with Gasteiger partial charge >= 0.3 is 5.97 Å².